The number of oxazole rings is 1. The van der Waals surface area contributed by atoms with E-state index in [1.165, 1.54) is 12.8 Å². The van der Waals surface area contributed by atoms with E-state index in [2.05, 4.69) is 11.9 Å². The normalized spacial score (nSPS) is 20.8. The topological polar surface area (TPSA) is 52.0 Å². The van der Waals surface area contributed by atoms with E-state index >= 15 is 0 Å². The van der Waals surface area contributed by atoms with Crippen LogP contribution in [0.5, 0.6) is 0 Å². The molecule has 1 aliphatic rings. The highest BCUT2D eigenvalue weighted by Gasteiger charge is 2.35. The van der Waals surface area contributed by atoms with E-state index in [9.17, 15) is 0 Å². The average Bonchev–Trinajstić information content (AvgIpc) is 2.72. The van der Waals surface area contributed by atoms with E-state index in [1.807, 2.05) is 0 Å². The molecule has 1 aromatic heterocycles. The summed E-state index contributed by atoms with van der Waals surface area (Å²) in [4.78, 5) is 4.39. The van der Waals surface area contributed by atoms with E-state index in [0.29, 0.717) is 0 Å². The molecule has 72 valence electrons. The van der Waals surface area contributed by atoms with Crippen molar-refractivity contribution < 1.29 is 4.42 Å². The number of nitrogens with zero attached hydrogens (tertiary/aromatic N) is 1. The van der Waals surface area contributed by atoms with Gasteiger partial charge in [0.05, 0.1) is 11.2 Å². The van der Waals surface area contributed by atoms with Gasteiger partial charge in [0.15, 0.2) is 0 Å². The van der Waals surface area contributed by atoms with Crippen molar-refractivity contribution in [3.8, 4) is 0 Å². The van der Waals surface area contributed by atoms with Crippen LogP contribution in [0.15, 0.2) is 10.7 Å². The molecule has 0 bridgehead atoms. The Morgan fingerprint density at radius 2 is 2.23 bits per heavy atom. The summed E-state index contributed by atoms with van der Waals surface area (Å²) < 4.78 is 5.41. The van der Waals surface area contributed by atoms with Gasteiger partial charge in [-0.15, -0.1) is 0 Å². The molecule has 0 unspecified atom stereocenters. The molecule has 1 aromatic rings. The summed E-state index contributed by atoms with van der Waals surface area (Å²) in [5, 5.41) is 0. The van der Waals surface area contributed by atoms with Gasteiger partial charge >= 0.3 is 0 Å². The second kappa shape index (κ2) is 3.14. The zero-order valence-corrected chi connectivity index (χ0v) is 8.05. The van der Waals surface area contributed by atoms with Crippen LogP contribution >= 0.6 is 0 Å². The lowest BCUT2D eigenvalue weighted by Crippen LogP contribution is -2.33. The van der Waals surface area contributed by atoms with Gasteiger partial charge < -0.3 is 10.2 Å². The SMILES string of the molecule is CCc1coc(C2(N)CCCC2)n1. The number of nitrogens with two attached hydrogens (primary N) is 1. The van der Waals surface area contributed by atoms with Crippen molar-refractivity contribution in [3.63, 3.8) is 0 Å². The zero-order chi connectivity index (χ0) is 9.31. The summed E-state index contributed by atoms with van der Waals surface area (Å²) in [6.45, 7) is 2.07. The van der Waals surface area contributed by atoms with Crippen LogP contribution in [0.2, 0.25) is 0 Å². The summed E-state index contributed by atoms with van der Waals surface area (Å²) >= 11 is 0. The molecule has 2 rings (SSSR count). The third-order valence-corrected chi connectivity index (χ3v) is 2.84. The van der Waals surface area contributed by atoms with Crippen LogP contribution < -0.4 is 5.73 Å². The molecule has 0 radical (unpaired) electrons. The van der Waals surface area contributed by atoms with Gasteiger partial charge in [0.2, 0.25) is 5.89 Å². The highest BCUT2D eigenvalue weighted by molar-refractivity contribution is 5.08. The zero-order valence-electron chi connectivity index (χ0n) is 8.05. The molecule has 13 heavy (non-hydrogen) atoms. The summed E-state index contributed by atoms with van der Waals surface area (Å²) in [5.41, 5.74) is 6.93. The molecule has 0 amide bonds. The number of aryl methyl sites for hydroxylation is 1. The van der Waals surface area contributed by atoms with Gasteiger partial charge in [0.1, 0.15) is 6.26 Å². The lowest BCUT2D eigenvalue weighted by molar-refractivity contribution is 0.335. The predicted molar refractivity (Wildman–Crippen MR) is 50.2 cm³/mol. The van der Waals surface area contributed by atoms with Crippen LogP contribution in [0.1, 0.15) is 44.2 Å². The lowest BCUT2D eigenvalue weighted by Gasteiger charge is -2.18. The van der Waals surface area contributed by atoms with E-state index < -0.39 is 0 Å². The molecule has 3 nitrogen and oxygen atoms in total. The van der Waals surface area contributed by atoms with E-state index in [1.54, 1.807) is 6.26 Å². The van der Waals surface area contributed by atoms with Gasteiger partial charge in [-0.1, -0.05) is 19.8 Å². The molecule has 2 N–H and O–H groups in total. The minimum absolute atomic E-state index is 0.270. The number of aromatic nitrogens is 1. The quantitative estimate of drug-likeness (QED) is 0.757. The first-order valence-corrected chi connectivity index (χ1v) is 4.98. The summed E-state index contributed by atoms with van der Waals surface area (Å²) in [7, 11) is 0. The molecule has 0 spiro atoms. The van der Waals surface area contributed by atoms with Crippen molar-refractivity contribution in [1.82, 2.24) is 4.98 Å². The van der Waals surface area contributed by atoms with Crippen molar-refractivity contribution in [2.24, 2.45) is 5.73 Å². The Bertz CT molecular complexity index is 287. The minimum atomic E-state index is -0.270. The van der Waals surface area contributed by atoms with Gasteiger partial charge in [-0.2, -0.15) is 0 Å². The molecule has 3 heteroatoms. The second-order valence-corrected chi connectivity index (χ2v) is 3.86. The van der Waals surface area contributed by atoms with Crippen molar-refractivity contribution in [2.45, 2.75) is 44.6 Å². The molecule has 1 heterocycles. The fourth-order valence-corrected chi connectivity index (χ4v) is 1.92. The Hall–Kier alpha value is -0.830. The number of hydrogen-bond acceptors (Lipinski definition) is 3. The maximum Gasteiger partial charge on any atom is 0.214 e. The van der Waals surface area contributed by atoms with Crippen LogP contribution in [0.4, 0.5) is 0 Å². The maximum absolute atomic E-state index is 6.19. The average molecular weight is 180 g/mol. The third kappa shape index (κ3) is 1.48. The standard InChI is InChI=1S/C10H16N2O/c1-2-8-7-13-9(12-8)10(11)5-3-4-6-10/h7H,2-6,11H2,1H3. The summed E-state index contributed by atoms with van der Waals surface area (Å²) in [5.74, 6) is 0.738. The van der Waals surface area contributed by atoms with Gasteiger partial charge in [-0.3, -0.25) is 0 Å². The highest BCUT2D eigenvalue weighted by Crippen LogP contribution is 2.35. The van der Waals surface area contributed by atoms with E-state index in [0.717, 1.165) is 30.8 Å². The van der Waals surface area contributed by atoms with Crippen LogP contribution in [0, 0.1) is 0 Å². The monoisotopic (exact) mass is 180 g/mol. The van der Waals surface area contributed by atoms with Crippen molar-refractivity contribution in [1.29, 1.82) is 0 Å². The van der Waals surface area contributed by atoms with Crippen molar-refractivity contribution >= 4 is 0 Å². The Morgan fingerprint density at radius 3 is 2.77 bits per heavy atom. The maximum atomic E-state index is 6.19. The Labute approximate surface area is 78.3 Å². The lowest BCUT2D eigenvalue weighted by atomic mass is 9.99. The molecule has 0 aromatic carbocycles. The van der Waals surface area contributed by atoms with Crippen LogP contribution in [-0.4, -0.2) is 4.98 Å². The van der Waals surface area contributed by atoms with Gasteiger partial charge in [-0.05, 0) is 19.3 Å². The first-order valence-electron chi connectivity index (χ1n) is 4.98. The molecular formula is C10H16N2O. The fraction of sp³-hybridized carbons (Fsp3) is 0.700. The minimum Gasteiger partial charge on any atom is -0.447 e. The summed E-state index contributed by atoms with van der Waals surface area (Å²) in [6.07, 6.45) is 7.05. The molecule has 0 aliphatic heterocycles. The Balaban J connectivity index is 2.23. The van der Waals surface area contributed by atoms with Crippen LogP contribution in [-0.2, 0) is 12.0 Å². The number of rotatable bonds is 2. The predicted octanol–water partition coefficient (Wildman–Crippen LogP) is 1.97. The van der Waals surface area contributed by atoms with Gasteiger partial charge in [0.25, 0.3) is 0 Å². The Morgan fingerprint density at radius 1 is 1.54 bits per heavy atom. The largest absolute Gasteiger partial charge is 0.447 e. The fourth-order valence-electron chi connectivity index (χ4n) is 1.92. The molecule has 1 saturated carbocycles. The molecule has 0 atom stereocenters. The van der Waals surface area contributed by atoms with Crippen LogP contribution in [0.25, 0.3) is 0 Å². The van der Waals surface area contributed by atoms with Crippen LogP contribution in [0.3, 0.4) is 0 Å². The van der Waals surface area contributed by atoms with E-state index in [-0.39, 0.29) is 5.54 Å². The molecular weight excluding hydrogens is 164 g/mol. The highest BCUT2D eigenvalue weighted by atomic mass is 16.3. The smallest absolute Gasteiger partial charge is 0.214 e. The third-order valence-electron chi connectivity index (χ3n) is 2.84. The van der Waals surface area contributed by atoms with Gasteiger partial charge in [-0.25, -0.2) is 4.98 Å². The number of hydrogen-bond donors (Lipinski definition) is 1. The first kappa shape index (κ1) is 8.75. The van der Waals surface area contributed by atoms with Gasteiger partial charge in [0, 0.05) is 0 Å². The van der Waals surface area contributed by atoms with Crippen molar-refractivity contribution in [2.75, 3.05) is 0 Å². The molecule has 1 fully saturated rings. The first-order chi connectivity index (χ1) is 6.24. The van der Waals surface area contributed by atoms with Crippen molar-refractivity contribution in [3.05, 3.63) is 17.8 Å². The second-order valence-electron chi connectivity index (χ2n) is 3.86. The van der Waals surface area contributed by atoms with E-state index in [4.69, 9.17) is 10.2 Å². The summed E-state index contributed by atoms with van der Waals surface area (Å²) in [6, 6.07) is 0. The molecule has 1 aliphatic carbocycles. The Kier molecular flexibility index (Phi) is 2.12. The molecule has 0 saturated heterocycles.